The Morgan fingerprint density at radius 2 is 1.76 bits per heavy atom. The summed E-state index contributed by atoms with van der Waals surface area (Å²) < 4.78 is 10.9. The second-order valence-corrected chi connectivity index (χ2v) is 5.36. The lowest BCUT2D eigenvalue weighted by Gasteiger charge is -2.09. The number of fused-ring (bicyclic) bond motifs is 1. The van der Waals surface area contributed by atoms with Crippen molar-refractivity contribution < 1.29 is 18.7 Å². The Hall–Kier alpha value is -3.28. The fourth-order valence-electron chi connectivity index (χ4n) is 2.48. The van der Waals surface area contributed by atoms with E-state index in [2.05, 4.69) is 10.6 Å². The molecule has 0 aliphatic rings. The van der Waals surface area contributed by atoms with Crippen LogP contribution < -0.4 is 15.4 Å². The van der Waals surface area contributed by atoms with Crippen LogP contribution in [0, 0.1) is 0 Å². The number of hydrogen-bond acceptors (Lipinski definition) is 4. The van der Waals surface area contributed by atoms with Gasteiger partial charge >= 0.3 is 0 Å². The number of hydrogen-bond donors (Lipinski definition) is 2. The van der Waals surface area contributed by atoms with Gasteiger partial charge in [-0.15, -0.1) is 0 Å². The van der Waals surface area contributed by atoms with E-state index in [9.17, 15) is 9.59 Å². The molecule has 1 aromatic heterocycles. The standard InChI is InChI=1S/C19H18N2O4/c1-3-16(22)21-17-12-8-4-6-10-14(12)25-18(17)19(23)20-13-9-5-7-11-15(13)24-2/h4-11H,3H2,1-2H3,(H,20,23)(H,21,22). The molecule has 3 rings (SSSR count). The monoisotopic (exact) mass is 338 g/mol. The van der Waals surface area contributed by atoms with Gasteiger partial charge in [-0.2, -0.15) is 0 Å². The number of amides is 2. The maximum atomic E-state index is 12.7. The maximum Gasteiger partial charge on any atom is 0.293 e. The van der Waals surface area contributed by atoms with E-state index in [1.54, 1.807) is 43.3 Å². The first-order valence-corrected chi connectivity index (χ1v) is 7.89. The SMILES string of the molecule is CCC(=O)Nc1c(C(=O)Nc2ccccc2OC)oc2ccccc12. The van der Waals surface area contributed by atoms with E-state index in [1.807, 2.05) is 12.1 Å². The van der Waals surface area contributed by atoms with E-state index < -0.39 is 5.91 Å². The van der Waals surface area contributed by atoms with Gasteiger partial charge in [0, 0.05) is 11.8 Å². The largest absolute Gasteiger partial charge is 0.495 e. The summed E-state index contributed by atoms with van der Waals surface area (Å²) in [6, 6.07) is 14.2. The smallest absolute Gasteiger partial charge is 0.293 e. The molecule has 6 heteroatoms. The van der Waals surface area contributed by atoms with Crippen LogP contribution in [0.3, 0.4) is 0 Å². The second kappa shape index (κ2) is 7.09. The van der Waals surface area contributed by atoms with Crippen LogP contribution in [0.2, 0.25) is 0 Å². The summed E-state index contributed by atoms with van der Waals surface area (Å²) in [4.78, 5) is 24.6. The highest BCUT2D eigenvalue weighted by Crippen LogP contribution is 2.32. The van der Waals surface area contributed by atoms with E-state index in [0.717, 1.165) is 0 Å². The lowest BCUT2D eigenvalue weighted by Crippen LogP contribution is -2.16. The summed E-state index contributed by atoms with van der Waals surface area (Å²) in [6.07, 6.45) is 0.299. The molecule has 25 heavy (non-hydrogen) atoms. The fourth-order valence-corrected chi connectivity index (χ4v) is 2.48. The molecule has 0 saturated heterocycles. The molecule has 2 amide bonds. The summed E-state index contributed by atoms with van der Waals surface area (Å²) in [5, 5.41) is 6.19. The van der Waals surface area contributed by atoms with Crippen molar-refractivity contribution in [3.63, 3.8) is 0 Å². The number of carbonyl (C=O) groups is 2. The van der Waals surface area contributed by atoms with Crippen molar-refractivity contribution in [1.29, 1.82) is 0 Å². The van der Waals surface area contributed by atoms with Crippen molar-refractivity contribution in [2.75, 3.05) is 17.7 Å². The highest BCUT2D eigenvalue weighted by molar-refractivity contribution is 6.14. The first-order chi connectivity index (χ1) is 12.1. The molecular formula is C19H18N2O4. The van der Waals surface area contributed by atoms with Crippen LogP contribution >= 0.6 is 0 Å². The Bertz CT molecular complexity index is 930. The summed E-state index contributed by atoms with van der Waals surface area (Å²) in [7, 11) is 1.53. The van der Waals surface area contributed by atoms with Gasteiger partial charge in [-0.25, -0.2) is 0 Å². The normalized spacial score (nSPS) is 10.5. The summed E-state index contributed by atoms with van der Waals surface area (Å²) in [5.41, 5.74) is 1.41. The van der Waals surface area contributed by atoms with E-state index in [0.29, 0.717) is 34.5 Å². The van der Waals surface area contributed by atoms with E-state index >= 15 is 0 Å². The van der Waals surface area contributed by atoms with Crippen molar-refractivity contribution >= 4 is 34.2 Å². The van der Waals surface area contributed by atoms with E-state index in [-0.39, 0.29) is 11.7 Å². The Morgan fingerprint density at radius 3 is 2.52 bits per heavy atom. The average Bonchev–Trinajstić information content (AvgIpc) is 3.00. The van der Waals surface area contributed by atoms with Crippen LogP contribution in [0.4, 0.5) is 11.4 Å². The van der Waals surface area contributed by atoms with Crippen LogP contribution in [0.5, 0.6) is 5.75 Å². The molecule has 2 N–H and O–H groups in total. The van der Waals surface area contributed by atoms with Crippen LogP contribution in [-0.4, -0.2) is 18.9 Å². The Balaban J connectivity index is 2.00. The summed E-state index contributed by atoms with van der Waals surface area (Å²) in [5.74, 6) is -0.0787. The molecule has 0 fully saturated rings. The van der Waals surface area contributed by atoms with Gasteiger partial charge in [-0.3, -0.25) is 9.59 Å². The van der Waals surface area contributed by atoms with E-state index in [4.69, 9.17) is 9.15 Å². The zero-order chi connectivity index (χ0) is 17.8. The second-order valence-electron chi connectivity index (χ2n) is 5.36. The predicted octanol–water partition coefficient (Wildman–Crippen LogP) is 4.04. The number of rotatable bonds is 5. The van der Waals surface area contributed by atoms with Crippen LogP contribution in [-0.2, 0) is 4.79 Å². The quantitative estimate of drug-likeness (QED) is 0.735. The lowest BCUT2D eigenvalue weighted by molar-refractivity contribution is -0.115. The molecule has 0 bridgehead atoms. The number of ether oxygens (including phenoxy) is 1. The summed E-state index contributed by atoms with van der Waals surface area (Å²) >= 11 is 0. The third kappa shape index (κ3) is 3.33. The zero-order valence-electron chi connectivity index (χ0n) is 14.0. The molecule has 0 aliphatic carbocycles. The number of carbonyl (C=O) groups excluding carboxylic acids is 2. The Kier molecular flexibility index (Phi) is 4.70. The van der Waals surface area contributed by atoms with Crippen LogP contribution in [0.25, 0.3) is 11.0 Å². The maximum absolute atomic E-state index is 12.7. The number of methoxy groups -OCH3 is 1. The highest BCUT2D eigenvalue weighted by atomic mass is 16.5. The molecule has 2 aromatic carbocycles. The molecule has 128 valence electrons. The first-order valence-electron chi connectivity index (χ1n) is 7.89. The van der Waals surface area contributed by atoms with Gasteiger partial charge in [0.1, 0.15) is 17.0 Å². The number of benzene rings is 2. The van der Waals surface area contributed by atoms with Crippen LogP contribution in [0.15, 0.2) is 52.9 Å². The van der Waals surface area contributed by atoms with Gasteiger partial charge in [0.2, 0.25) is 11.7 Å². The molecule has 0 saturated carbocycles. The molecule has 6 nitrogen and oxygen atoms in total. The summed E-state index contributed by atoms with van der Waals surface area (Å²) in [6.45, 7) is 1.74. The Morgan fingerprint density at radius 1 is 1.04 bits per heavy atom. The zero-order valence-corrected chi connectivity index (χ0v) is 14.0. The molecule has 0 atom stereocenters. The van der Waals surface area contributed by atoms with Gasteiger partial charge in [0.05, 0.1) is 12.8 Å². The first kappa shape index (κ1) is 16.6. The highest BCUT2D eigenvalue weighted by Gasteiger charge is 2.22. The molecule has 0 aliphatic heterocycles. The van der Waals surface area contributed by atoms with Gasteiger partial charge in [-0.05, 0) is 24.3 Å². The number of furan rings is 1. The minimum Gasteiger partial charge on any atom is -0.495 e. The number of anilines is 2. The lowest BCUT2D eigenvalue weighted by atomic mass is 10.2. The van der Waals surface area contributed by atoms with Gasteiger partial charge in [0.15, 0.2) is 0 Å². The Labute approximate surface area is 144 Å². The molecule has 0 spiro atoms. The number of nitrogens with one attached hydrogen (secondary N) is 2. The molecular weight excluding hydrogens is 320 g/mol. The van der Waals surface area contributed by atoms with Crippen molar-refractivity contribution in [2.24, 2.45) is 0 Å². The molecule has 3 aromatic rings. The fraction of sp³-hybridized carbons (Fsp3) is 0.158. The molecule has 1 heterocycles. The van der Waals surface area contributed by atoms with Gasteiger partial charge < -0.3 is 19.8 Å². The van der Waals surface area contributed by atoms with Crippen molar-refractivity contribution in [2.45, 2.75) is 13.3 Å². The number of para-hydroxylation sites is 3. The topological polar surface area (TPSA) is 80.6 Å². The van der Waals surface area contributed by atoms with Gasteiger partial charge in [-0.1, -0.05) is 31.2 Å². The van der Waals surface area contributed by atoms with Gasteiger partial charge in [0.25, 0.3) is 5.91 Å². The van der Waals surface area contributed by atoms with E-state index in [1.165, 1.54) is 7.11 Å². The minimum atomic E-state index is -0.466. The van der Waals surface area contributed by atoms with Crippen molar-refractivity contribution in [1.82, 2.24) is 0 Å². The molecule has 0 unspecified atom stereocenters. The third-order valence-electron chi connectivity index (χ3n) is 3.74. The molecule has 0 radical (unpaired) electrons. The average molecular weight is 338 g/mol. The van der Waals surface area contributed by atoms with Crippen molar-refractivity contribution in [3.05, 3.63) is 54.3 Å². The van der Waals surface area contributed by atoms with Crippen molar-refractivity contribution in [3.8, 4) is 5.75 Å². The van der Waals surface area contributed by atoms with Crippen LogP contribution in [0.1, 0.15) is 23.9 Å². The minimum absolute atomic E-state index is 0.0499. The third-order valence-corrected chi connectivity index (χ3v) is 3.74. The predicted molar refractivity (Wildman–Crippen MR) is 96.1 cm³/mol.